The zero-order chi connectivity index (χ0) is 24.0. The first kappa shape index (κ1) is 24.0. The Kier molecular flexibility index (Phi) is 7.81. The van der Waals surface area contributed by atoms with Crippen LogP contribution in [-0.2, 0) is 16.0 Å². The Morgan fingerprint density at radius 3 is 2.33 bits per heavy atom. The fraction of sp³-hybridized carbons (Fsp3) is 0.222. The lowest BCUT2D eigenvalue weighted by Gasteiger charge is -2.08. The zero-order valence-electron chi connectivity index (χ0n) is 19.1. The lowest BCUT2D eigenvalue weighted by Crippen LogP contribution is -2.15. The minimum Gasteiger partial charge on any atom is -0.465 e. The van der Waals surface area contributed by atoms with E-state index < -0.39 is 11.9 Å². The lowest BCUT2D eigenvalue weighted by molar-refractivity contribution is -0.112. The van der Waals surface area contributed by atoms with Crippen LogP contribution < -0.4 is 5.32 Å². The van der Waals surface area contributed by atoms with Gasteiger partial charge in [-0.3, -0.25) is 4.79 Å². The summed E-state index contributed by atoms with van der Waals surface area (Å²) in [5, 5.41) is 14.4. The molecule has 0 bridgehead atoms. The van der Waals surface area contributed by atoms with Gasteiger partial charge in [0.1, 0.15) is 22.2 Å². The summed E-state index contributed by atoms with van der Waals surface area (Å²) in [6, 6.07) is 17.6. The number of aryl methyl sites for hydroxylation is 1. The molecule has 3 aromatic rings. The van der Waals surface area contributed by atoms with Gasteiger partial charge >= 0.3 is 5.97 Å². The standard InChI is InChI=1S/C27H26N2O3S/c1-5-18-6-12-21(13-7-18)23-16-33-26(24(23)27(31)32-4)29-25(30)22(15-28)14-19-8-10-20(11-9-19)17(2)3/h6-14,16-17H,5H2,1-4H3,(H,29,30)/b22-14+. The van der Waals surface area contributed by atoms with Gasteiger partial charge in [0.2, 0.25) is 0 Å². The Morgan fingerprint density at radius 2 is 1.79 bits per heavy atom. The molecule has 33 heavy (non-hydrogen) atoms. The van der Waals surface area contributed by atoms with Gasteiger partial charge in [0.15, 0.2) is 0 Å². The predicted octanol–water partition coefficient (Wildman–Crippen LogP) is 6.43. The average Bonchev–Trinajstić information content (AvgIpc) is 3.25. The molecule has 0 unspecified atom stereocenters. The van der Waals surface area contributed by atoms with Gasteiger partial charge < -0.3 is 10.1 Å². The van der Waals surface area contributed by atoms with Gasteiger partial charge in [-0.25, -0.2) is 4.79 Å². The van der Waals surface area contributed by atoms with Crippen molar-refractivity contribution < 1.29 is 14.3 Å². The number of benzene rings is 2. The molecule has 6 heteroatoms. The maximum Gasteiger partial charge on any atom is 0.341 e. The minimum atomic E-state index is -0.578. The highest BCUT2D eigenvalue weighted by Gasteiger charge is 2.23. The summed E-state index contributed by atoms with van der Waals surface area (Å²) in [6.45, 7) is 6.28. The van der Waals surface area contributed by atoms with E-state index in [2.05, 4.69) is 26.1 Å². The molecule has 5 nitrogen and oxygen atoms in total. The number of rotatable bonds is 7. The number of ether oxygens (including phenoxy) is 1. The van der Waals surface area contributed by atoms with E-state index in [1.54, 1.807) is 0 Å². The monoisotopic (exact) mass is 458 g/mol. The van der Waals surface area contributed by atoms with E-state index >= 15 is 0 Å². The summed E-state index contributed by atoms with van der Waals surface area (Å²) >= 11 is 1.22. The van der Waals surface area contributed by atoms with Crippen molar-refractivity contribution in [3.63, 3.8) is 0 Å². The van der Waals surface area contributed by atoms with Crippen LogP contribution in [0.15, 0.2) is 59.5 Å². The molecular formula is C27H26N2O3S. The third kappa shape index (κ3) is 5.57. The molecule has 0 fully saturated rings. The van der Waals surface area contributed by atoms with Gasteiger partial charge in [-0.15, -0.1) is 11.3 Å². The Balaban J connectivity index is 1.91. The minimum absolute atomic E-state index is 0.0506. The van der Waals surface area contributed by atoms with Gasteiger partial charge in [0.25, 0.3) is 5.91 Å². The van der Waals surface area contributed by atoms with E-state index in [1.807, 2.05) is 60.0 Å². The first-order chi connectivity index (χ1) is 15.9. The van der Waals surface area contributed by atoms with Crippen molar-refractivity contribution in [3.05, 3.63) is 81.7 Å². The van der Waals surface area contributed by atoms with Gasteiger partial charge in [-0.2, -0.15) is 5.26 Å². The number of anilines is 1. The van der Waals surface area contributed by atoms with Crippen molar-refractivity contribution in [2.75, 3.05) is 12.4 Å². The molecule has 0 saturated heterocycles. The second-order valence-electron chi connectivity index (χ2n) is 7.84. The van der Waals surface area contributed by atoms with Crippen LogP contribution in [0.4, 0.5) is 5.00 Å². The van der Waals surface area contributed by atoms with Crippen LogP contribution in [0.1, 0.15) is 53.7 Å². The van der Waals surface area contributed by atoms with Gasteiger partial charge in [-0.1, -0.05) is 69.3 Å². The molecule has 1 heterocycles. The fourth-order valence-corrected chi connectivity index (χ4v) is 4.30. The Bertz CT molecular complexity index is 1210. The molecule has 3 rings (SSSR count). The second-order valence-corrected chi connectivity index (χ2v) is 8.72. The predicted molar refractivity (Wildman–Crippen MR) is 133 cm³/mol. The van der Waals surface area contributed by atoms with E-state index in [-0.39, 0.29) is 11.1 Å². The van der Waals surface area contributed by atoms with Crippen LogP contribution in [0.3, 0.4) is 0 Å². The number of esters is 1. The summed E-state index contributed by atoms with van der Waals surface area (Å²) in [7, 11) is 1.30. The third-order valence-electron chi connectivity index (χ3n) is 5.36. The highest BCUT2D eigenvalue weighted by atomic mass is 32.1. The maximum absolute atomic E-state index is 12.9. The van der Waals surface area contributed by atoms with Crippen molar-refractivity contribution in [1.29, 1.82) is 5.26 Å². The molecule has 0 spiro atoms. The van der Waals surface area contributed by atoms with Crippen LogP contribution in [0, 0.1) is 11.3 Å². The molecule has 0 saturated carbocycles. The van der Waals surface area contributed by atoms with Crippen LogP contribution in [0.2, 0.25) is 0 Å². The molecule has 168 valence electrons. The second kappa shape index (κ2) is 10.8. The number of carbonyl (C=O) groups excluding carboxylic acids is 2. The van der Waals surface area contributed by atoms with Crippen LogP contribution >= 0.6 is 11.3 Å². The molecule has 0 radical (unpaired) electrons. The molecule has 1 aromatic heterocycles. The van der Waals surface area contributed by atoms with Gasteiger partial charge in [0.05, 0.1) is 7.11 Å². The molecule has 0 atom stereocenters. The van der Waals surface area contributed by atoms with Crippen LogP contribution in [-0.4, -0.2) is 19.0 Å². The lowest BCUT2D eigenvalue weighted by atomic mass is 10.0. The summed E-state index contributed by atoms with van der Waals surface area (Å²) < 4.78 is 4.97. The molecular weight excluding hydrogens is 432 g/mol. The van der Waals surface area contributed by atoms with Crippen molar-refractivity contribution in [1.82, 2.24) is 0 Å². The zero-order valence-corrected chi connectivity index (χ0v) is 20.0. The van der Waals surface area contributed by atoms with Crippen LogP contribution in [0.5, 0.6) is 0 Å². The normalized spacial score (nSPS) is 11.2. The quantitative estimate of drug-likeness (QED) is 0.251. The number of hydrogen-bond acceptors (Lipinski definition) is 5. The van der Waals surface area contributed by atoms with Crippen molar-refractivity contribution >= 4 is 34.3 Å². The largest absolute Gasteiger partial charge is 0.465 e. The van der Waals surface area contributed by atoms with Crippen LogP contribution in [0.25, 0.3) is 17.2 Å². The third-order valence-corrected chi connectivity index (χ3v) is 6.26. The Morgan fingerprint density at radius 1 is 1.12 bits per heavy atom. The molecule has 2 aromatic carbocycles. The van der Waals surface area contributed by atoms with Gasteiger partial charge in [0, 0.05) is 10.9 Å². The van der Waals surface area contributed by atoms with E-state index in [9.17, 15) is 14.9 Å². The number of methoxy groups -OCH3 is 1. The number of carbonyl (C=O) groups is 2. The number of nitrogens with zero attached hydrogens (tertiary/aromatic N) is 1. The number of hydrogen-bond donors (Lipinski definition) is 1. The smallest absolute Gasteiger partial charge is 0.341 e. The summed E-state index contributed by atoms with van der Waals surface area (Å²) in [5.41, 5.74) is 4.87. The maximum atomic E-state index is 12.9. The summed E-state index contributed by atoms with van der Waals surface area (Å²) in [6.07, 6.45) is 2.45. The molecule has 0 aliphatic rings. The van der Waals surface area contributed by atoms with E-state index in [0.29, 0.717) is 16.5 Å². The molecule has 0 aliphatic carbocycles. The Labute approximate surface area is 198 Å². The molecule has 1 N–H and O–H groups in total. The first-order valence-electron chi connectivity index (χ1n) is 10.7. The van der Waals surface area contributed by atoms with Crippen molar-refractivity contribution in [2.24, 2.45) is 0 Å². The fourth-order valence-electron chi connectivity index (χ4n) is 3.35. The van der Waals surface area contributed by atoms with Gasteiger partial charge in [-0.05, 0) is 40.7 Å². The number of nitrogens with one attached hydrogen (secondary N) is 1. The average molecular weight is 459 g/mol. The number of amides is 1. The first-order valence-corrected chi connectivity index (χ1v) is 11.6. The van der Waals surface area contributed by atoms with Crippen molar-refractivity contribution in [2.45, 2.75) is 33.1 Å². The molecule has 0 aliphatic heterocycles. The Hall–Kier alpha value is -3.69. The highest BCUT2D eigenvalue weighted by Crippen LogP contribution is 2.36. The molecule has 1 amide bonds. The van der Waals surface area contributed by atoms with Crippen molar-refractivity contribution in [3.8, 4) is 17.2 Å². The van der Waals surface area contributed by atoms with E-state index in [1.165, 1.54) is 35.6 Å². The van der Waals surface area contributed by atoms with E-state index in [0.717, 1.165) is 17.5 Å². The summed E-state index contributed by atoms with van der Waals surface area (Å²) in [4.78, 5) is 25.4. The van der Waals surface area contributed by atoms with E-state index in [4.69, 9.17) is 4.74 Å². The summed E-state index contributed by atoms with van der Waals surface area (Å²) in [5.74, 6) is -0.733. The highest BCUT2D eigenvalue weighted by molar-refractivity contribution is 7.15. The SMILES string of the molecule is CCc1ccc(-c2csc(NC(=O)/C(C#N)=C/c3ccc(C(C)C)cc3)c2C(=O)OC)cc1. The number of nitriles is 1. The number of thiophene rings is 1. The topological polar surface area (TPSA) is 79.2 Å².